The monoisotopic (exact) mass is 278 g/mol. The molecule has 1 N–H and O–H groups in total. The van der Waals surface area contributed by atoms with Crippen LogP contribution in [0.1, 0.15) is 11.3 Å². The molecule has 2 aromatic rings. The van der Waals surface area contributed by atoms with Crippen molar-refractivity contribution in [3.63, 3.8) is 0 Å². The number of nitrogens with one attached hydrogen (secondary N) is 1. The summed E-state index contributed by atoms with van der Waals surface area (Å²) in [6, 6.07) is 2.99. The van der Waals surface area contributed by atoms with Crippen LogP contribution < -0.4 is 5.32 Å². The summed E-state index contributed by atoms with van der Waals surface area (Å²) in [7, 11) is 0. The summed E-state index contributed by atoms with van der Waals surface area (Å²) in [6.45, 7) is 2.26. The van der Waals surface area contributed by atoms with Crippen molar-refractivity contribution in [1.29, 1.82) is 0 Å². The van der Waals surface area contributed by atoms with E-state index in [1.807, 2.05) is 0 Å². The molecule has 0 atom stereocenters. The Bertz CT molecular complexity index is 604. The molecule has 1 aromatic carbocycles. The number of hydrogen-bond donors (Lipinski definition) is 1. The number of aryl methyl sites for hydroxylation is 1. The van der Waals surface area contributed by atoms with E-state index in [9.17, 15) is 10.1 Å². The Morgan fingerprint density at radius 1 is 1.42 bits per heavy atom. The SMILES string of the molecule is Cc1cc([N+](=O)[O-])c(Cl)cc1NCc1cnccn1. The third-order valence-corrected chi connectivity index (χ3v) is 2.87. The van der Waals surface area contributed by atoms with Crippen LogP contribution >= 0.6 is 11.6 Å². The first-order chi connectivity index (χ1) is 9.08. The minimum atomic E-state index is -0.498. The van der Waals surface area contributed by atoms with Crippen LogP contribution in [0.4, 0.5) is 11.4 Å². The fourth-order valence-electron chi connectivity index (χ4n) is 1.60. The van der Waals surface area contributed by atoms with E-state index in [-0.39, 0.29) is 10.7 Å². The minimum absolute atomic E-state index is 0.0933. The van der Waals surface area contributed by atoms with E-state index in [1.54, 1.807) is 31.6 Å². The van der Waals surface area contributed by atoms with E-state index in [0.717, 1.165) is 16.9 Å². The van der Waals surface area contributed by atoms with Crippen molar-refractivity contribution in [3.05, 3.63) is 57.1 Å². The summed E-state index contributed by atoms with van der Waals surface area (Å²) >= 11 is 5.87. The van der Waals surface area contributed by atoms with Gasteiger partial charge in [-0.25, -0.2) is 0 Å². The molecule has 0 aliphatic rings. The molecule has 6 nitrogen and oxygen atoms in total. The number of nitrogens with zero attached hydrogens (tertiary/aromatic N) is 3. The molecule has 2 rings (SSSR count). The zero-order valence-electron chi connectivity index (χ0n) is 10.1. The van der Waals surface area contributed by atoms with Crippen molar-refractivity contribution in [2.24, 2.45) is 0 Å². The number of aromatic nitrogens is 2. The molecule has 1 aromatic heterocycles. The van der Waals surface area contributed by atoms with Gasteiger partial charge >= 0.3 is 0 Å². The predicted octanol–water partition coefficient (Wildman–Crippen LogP) is 2.96. The second-order valence-electron chi connectivity index (χ2n) is 3.93. The zero-order chi connectivity index (χ0) is 13.8. The Labute approximate surface area is 114 Å². The maximum Gasteiger partial charge on any atom is 0.288 e. The van der Waals surface area contributed by atoms with E-state index >= 15 is 0 Å². The van der Waals surface area contributed by atoms with Crippen molar-refractivity contribution in [1.82, 2.24) is 9.97 Å². The second kappa shape index (κ2) is 5.62. The third kappa shape index (κ3) is 3.17. The van der Waals surface area contributed by atoms with Crippen molar-refractivity contribution >= 4 is 23.0 Å². The van der Waals surface area contributed by atoms with Gasteiger partial charge in [-0.2, -0.15) is 0 Å². The van der Waals surface area contributed by atoms with Gasteiger partial charge in [0.05, 0.1) is 23.4 Å². The number of anilines is 1. The van der Waals surface area contributed by atoms with E-state index in [0.29, 0.717) is 6.54 Å². The summed E-state index contributed by atoms with van der Waals surface area (Å²) in [5.74, 6) is 0. The van der Waals surface area contributed by atoms with Crippen molar-refractivity contribution in [3.8, 4) is 0 Å². The summed E-state index contributed by atoms with van der Waals surface area (Å²) in [5, 5.41) is 14.0. The largest absolute Gasteiger partial charge is 0.379 e. The number of hydrogen-bond acceptors (Lipinski definition) is 5. The van der Waals surface area contributed by atoms with Gasteiger partial charge in [0.15, 0.2) is 0 Å². The maximum absolute atomic E-state index is 10.7. The molecule has 0 amide bonds. The standard InChI is InChI=1S/C12H11ClN4O2/c1-8-4-12(17(18)19)10(13)5-11(8)16-7-9-6-14-2-3-15-9/h2-6,16H,7H2,1H3. The van der Waals surface area contributed by atoms with Crippen LogP contribution in [0.3, 0.4) is 0 Å². The van der Waals surface area contributed by atoms with Crippen LogP contribution in [-0.4, -0.2) is 14.9 Å². The lowest BCUT2D eigenvalue weighted by molar-refractivity contribution is -0.384. The molecule has 0 aliphatic heterocycles. The summed E-state index contributed by atoms with van der Waals surface area (Å²) < 4.78 is 0. The third-order valence-electron chi connectivity index (χ3n) is 2.57. The van der Waals surface area contributed by atoms with Crippen molar-refractivity contribution in [2.75, 3.05) is 5.32 Å². The Hall–Kier alpha value is -2.21. The number of rotatable bonds is 4. The average molecular weight is 279 g/mol. The van der Waals surface area contributed by atoms with Gasteiger partial charge in [-0.05, 0) is 18.6 Å². The maximum atomic E-state index is 10.7. The molecule has 0 unspecified atom stereocenters. The normalized spacial score (nSPS) is 10.2. The minimum Gasteiger partial charge on any atom is -0.379 e. The first kappa shape index (κ1) is 13.2. The molecule has 7 heteroatoms. The number of halogens is 1. The predicted molar refractivity (Wildman–Crippen MR) is 72.2 cm³/mol. The first-order valence-electron chi connectivity index (χ1n) is 5.51. The lowest BCUT2D eigenvalue weighted by Crippen LogP contribution is -2.03. The molecular weight excluding hydrogens is 268 g/mol. The van der Waals surface area contributed by atoms with Crippen molar-refractivity contribution < 1.29 is 4.92 Å². The quantitative estimate of drug-likeness (QED) is 0.687. The summed E-state index contributed by atoms with van der Waals surface area (Å²) in [5.41, 5.74) is 2.17. The van der Waals surface area contributed by atoms with Gasteiger partial charge in [-0.1, -0.05) is 11.6 Å². The van der Waals surface area contributed by atoms with Crippen LogP contribution in [-0.2, 0) is 6.54 Å². The Balaban J connectivity index is 2.17. The summed E-state index contributed by atoms with van der Waals surface area (Å²) in [6.07, 6.45) is 4.85. The zero-order valence-corrected chi connectivity index (χ0v) is 10.9. The molecule has 0 saturated heterocycles. The lowest BCUT2D eigenvalue weighted by atomic mass is 10.1. The molecule has 0 radical (unpaired) electrons. The molecule has 0 fully saturated rings. The van der Waals surface area contributed by atoms with Gasteiger partial charge in [0.25, 0.3) is 5.69 Å². The fraction of sp³-hybridized carbons (Fsp3) is 0.167. The highest BCUT2D eigenvalue weighted by molar-refractivity contribution is 6.33. The van der Waals surface area contributed by atoms with Gasteiger partial charge in [-0.3, -0.25) is 20.1 Å². The lowest BCUT2D eigenvalue weighted by Gasteiger charge is -2.09. The molecule has 98 valence electrons. The molecular formula is C12H11ClN4O2. The highest BCUT2D eigenvalue weighted by Crippen LogP contribution is 2.30. The Morgan fingerprint density at radius 3 is 2.84 bits per heavy atom. The number of nitro benzene ring substituents is 1. The topological polar surface area (TPSA) is 81.0 Å². The summed E-state index contributed by atoms with van der Waals surface area (Å²) in [4.78, 5) is 18.3. The van der Waals surface area contributed by atoms with Crippen LogP contribution in [0.15, 0.2) is 30.7 Å². The highest BCUT2D eigenvalue weighted by Gasteiger charge is 2.14. The van der Waals surface area contributed by atoms with E-state index < -0.39 is 4.92 Å². The van der Waals surface area contributed by atoms with E-state index in [4.69, 9.17) is 11.6 Å². The molecule has 0 spiro atoms. The second-order valence-corrected chi connectivity index (χ2v) is 4.33. The van der Waals surface area contributed by atoms with E-state index in [2.05, 4.69) is 15.3 Å². The van der Waals surface area contributed by atoms with Crippen LogP contribution in [0.2, 0.25) is 5.02 Å². The smallest absolute Gasteiger partial charge is 0.288 e. The highest BCUT2D eigenvalue weighted by atomic mass is 35.5. The molecule has 0 bridgehead atoms. The number of benzene rings is 1. The van der Waals surface area contributed by atoms with Crippen LogP contribution in [0, 0.1) is 17.0 Å². The van der Waals surface area contributed by atoms with E-state index in [1.165, 1.54) is 6.07 Å². The van der Waals surface area contributed by atoms with Gasteiger partial charge < -0.3 is 5.32 Å². The van der Waals surface area contributed by atoms with Gasteiger partial charge in [0, 0.05) is 24.1 Å². The number of nitro groups is 1. The fourth-order valence-corrected chi connectivity index (χ4v) is 1.84. The molecule has 1 heterocycles. The molecule has 0 saturated carbocycles. The Kier molecular flexibility index (Phi) is 3.91. The molecule has 19 heavy (non-hydrogen) atoms. The first-order valence-corrected chi connectivity index (χ1v) is 5.89. The van der Waals surface area contributed by atoms with Gasteiger partial charge in [0.2, 0.25) is 0 Å². The van der Waals surface area contributed by atoms with Gasteiger partial charge in [0.1, 0.15) is 5.02 Å². The average Bonchev–Trinajstić information content (AvgIpc) is 2.40. The Morgan fingerprint density at radius 2 is 2.21 bits per heavy atom. The van der Waals surface area contributed by atoms with Crippen LogP contribution in [0.25, 0.3) is 0 Å². The molecule has 0 aliphatic carbocycles. The van der Waals surface area contributed by atoms with Gasteiger partial charge in [-0.15, -0.1) is 0 Å². The van der Waals surface area contributed by atoms with Crippen molar-refractivity contribution in [2.45, 2.75) is 13.5 Å². The van der Waals surface area contributed by atoms with Crippen LogP contribution in [0.5, 0.6) is 0 Å².